The van der Waals surface area contributed by atoms with Gasteiger partial charge in [-0.05, 0) is 43.4 Å². The van der Waals surface area contributed by atoms with Crippen LogP contribution < -0.4 is 0 Å². The van der Waals surface area contributed by atoms with Gasteiger partial charge in [-0.3, -0.25) is 0 Å². The Kier molecular flexibility index (Phi) is 4.23. The van der Waals surface area contributed by atoms with Crippen LogP contribution in [0.25, 0.3) is 0 Å². The number of hydrogen-bond donors (Lipinski definition) is 1. The van der Waals surface area contributed by atoms with Crippen LogP contribution in [0.1, 0.15) is 18.4 Å². The van der Waals surface area contributed by atoms with E-state index in [0.29, 0.717) is 31.5 Å². The quantitative estimate of drug-likeness (QED) is 0.917. The second-order valence-electron chi connectivity index (χ2n) is 4.96. The molecular weight excluding hydrogens is 269 g/mol. The zero-order chi connectivity index (χ0) is 14.0. The third-order valence-corrected chi connectivity index (χ3v) is 5.45. The molecule has 0 atom stereocenters. The van der Waals surface area contributed by atoms with Crippen LogP contribution >= 0.6 is 0 Å². The molecule has 106 valence electrons. The zero-order valence-corrected chi connectivity index (χ0v) is 11.7. The number of sulfonamides is 1. The Morgan fingerprint density at radius 3 is 2.58 bits per heavy atom. The zero-order valence-electron chi connectivity index (χ0n) is 10.8. The van der Waals surface area contributed by atoms with Crippen molar-refractivity contribution in [2.45, 2.75) is 24.7 Å². The summed E-state index contributed by atoms with van der Waals surface area (Å²) >= 11 is 0. The van der Waals surface area contributed by atoms with E-state index in [9.17, 15) is 12.8 Å². The van der Waals surface area contributed by atoms with Crippen LogP contribution in [0.2, 0.25) is 0 Å². The summed E-state index contributed by atoms with van der Waals surface area (Å²) in [4.78, 5) is -0.255. The lowest BCUT2D eigenvalue weighted by Gasteiger charge is -2.30. The van der Waals surface area contributed by atoms with Crippen LogP contribution in [-0.4, -0.2) is 37.5 Å². The molecule has 0 aromatic heterocycles. The van der Waals surface area contributed by atoms with Gasteiger partial charge in [-0.25, -0.2) is 12.8 Å². The third kappa shape index (κ3) is 2.96. The molecule has 1 aromatic rings. The summed E-state index contributed by atoms with van der Waals surface area (Å²) in [5.74, 6) is -0.566. The third-order valence-electron chi connectivity index (χ3n) is 3.54. The summed E-state index contributed by atoms with van der Waals surface area (Å²) in [6.45, 7) is 2.48. The van der Waals surface area contributed by atoms with Crippen LogP contribution in [-0.2, 0) is 10.0 Å². The first-order valence-corrected chi connectivity index (χ1v) is 7.76. The topological polar surface area (TPSA) is 57.6 Å². The Morgan fingerprint density at radius 2 is 2.00 bits per heavy atom. The van der Waals surface area contributed by atoms with Crippen molar-refractivity contribution in [3.8, 4) is 0 Å². The Hall–Kier alpha value is -0.980. The van der Waals surface area contributed by atoms with Crippen molar-refractivity contribution in [3.63, 3.8) is 0 Å². The number of hydrogen-bond acceptors (Lipinski definition) is 3. The average Bonchev–Trinajstić information content (AvgIpc) is 2.41. The van der Waals surface area contributed by atoms with E-state index in [-0.39, 0.29) is 17.4 Å². The number of aliphatic hydroxyl groups is 1. The summed E-state index contributed by atoms with van der Waals surface area (Å²) in [5.41, 5.74) is 0.713. The summed E-state index contributed by atoms with van der Waals surface area (Å²) in [7, 11) is -3.77. The fourth-order valence-corrected chi connectivity index (χ4v) is 3.90. The van der Waals surface area contributed by atoms with E-state index in [0.717, 1.165) is 0 Å². The van der Waals surface area contributed by atoms with Crippen LogP contribution in [0.3, 0.4) is 0 Å². The molecule has 4 nitrogen and oxygen atoms in total. The highest BCUT2D eigenvalue weighted by atomic mass is 32.2. The molecule has 0 saturated carbocycles. The minimum Gasteiger partial charge on any atom is -0.396 e. The lowest BCUT2D eigenvalue weighted by atomic mass is 10.00. The molecule has 6 heteroatoms. The van der Waals surface area contributed by atoms with Gasteiger partial charge < -0.3 is 5.11 Å². The standard InChI is InChI=1S/C13H18FNO3S/c1-10-2-3-12(14)13(8-10)19(17,18)15-6-4-11(9-16)5-7-15/h2-3,8,11,16H,4-7,9H2,1H3. The number of aliphatic hydroxyl groups excluding tert-OH is 1. The molecule has 1 aromatic carbocycles. The van der Waals surface area contributed by atoms with E-state index in [1.807, 2.05) is 0 Å². The van der Waals surface area contributed by atoms with Gasteiger partial charge in [0.15, 0.2) is 0 Å². The molecule has 0 radical (unpaired) electrons. The van der Waals surface area contributed by atoms with Crippen molar-refractivity contribution >= 4 is 10.0 Å². The van der Waals surface area contributed by atoms with Crippen molar-refractivity contribution in [2.75, 3.05) is 19.7 Å². The van der Waals surface area contributed by atoms with Crippen molar-refractivity contribution in [1.29, 1.82) is 0 Å². The highest BCUT2D eigenvalue weighted by Gasteiger charge is 2.31. The lowest BCUT2D eigenvalue weighted by molar-refractivity contribution is 0.170. The van der Waals surface area contributed by atoms with Crippen molar-refractivity contribution in [3.05, 3.63) is 29.6 Å². The summed E-state index contributed by atoms with van der Waals surface area (Å²) < 4.78 is 39.8. The predicted octanol–water partition coefficient (Wildman–Crippen LogP) is 1.53. The Morgan fingerprint density at radius 1 is 1.37 bits per heavy atom. The number of nitrogens with zero attached hydrogens (tertiary/aromatic N) is 1. The summed E-state index contributed by atoms with van der Waals surface area (Å²) in [5, 5.41) is 9.05. The van der Waals surface area contributed by atoms with Gasteiger partial charge in [0.1, 0.15) is 10.7 Å². The van der Waals surface area contributed by atoms with Crippen LogP contribution in [0.15, 0.2) is 23.1 Å². The van der Waals surface area contributed by atoms with Gasteiger partial charge in [-0.15, -0.1) is 0 Å². The van der Waals surface area contributed by atoms with Crippen LogP contribution in [0.4, 0.5) is 4.39 Å². The average molecular weight is 287 g/mol. The SMILES string of the molecule is Cc1ccc(F)c(S(=O)(=O)N2CCC(CO)CC2)c1. The second-order valence-corrected chi connectivity index (χ2v) is 6.87. The maximum absolute atomic E-state index is 13.7. The molecule has 19 heavy (non-hydrogen) atoms. The largest absolute Gasteiger partial charge is 0.396 e. The van der Waals surface area contributed by atoms with Crippen molar-refractivity contribution in [2.24, 2.45) is 5.92 Å². The first-order chi connectivity index (χ1) is 8.95. The van der Waals surface area contributed by atoms with Gasteiger partial charge in [-0.2, -0.15) is 4.31 Å². The smallest absolute Gasteiger partial charge is 0.245 e. The van der Waals surface area contributed by atoms with Gasteiger partial charge in [0, 0.05) is 19.7 Å². The molecule has 1 fully saturated rings. The molecule has 0 bridgehead atoms. The maximum atomic E-state index is 13.7. The number of halogens is 1. The Labute approximate surface area is 112 Å². The van der Waals surface area contributed by atoms with Crippen molar-refractivity contribution in [1.82, 2.24) is 4.31 Å². The summed E-state index contributed by atoms with van der Waals surface area (Å²) in [6.07, 6.45) is 1.23. The molecule has 1 heterocycles. The molecule has 1 aliphatic heterocycles. The molecule has 0 aliphatic carbocycles. The summed E-state index contributed by atoms with van der Waals surface area (Å²) in [6, 6.07) is 4.10. The van der Waals surface area contributed by atoms with E-state index in [4.69, 9.17) is 5.11 Å². The van der Waals surface area contributed by atoms with Gasteiger partial charge >= 0.3 is 0 Å². The molecule has 1 N–H and O–H groups in total. The first kappa shape index (κ1) is 14.4. The van der Waals surface area contributed by atoms with Gasteiger partial charge in [0.05, 0.1) is 0 Å². The fourth-order valence-electron chi connectivity index (χ4n) is 2.28. The fraction of sp³-hybridized carbons (Fsp3) is 0.538. The highest BCUT2D eigenvalue weighted by molar-refractivity contribution is 7.89. The van der Waals surface area contributed by atoms with E-state index in [1.165, 1.54) is 16.4 Å². The molecule has 2 rings (SSSR count). The van der Waals surface area contributed by atoms with Gasteiger partial charge in [-0.1, -0.05) is 6.07 Å². The molecule has 0 unspecified atom stereocenters. The minimum absolute atomic E-state index is 0.0761. The Bertz CT molecular complexity index is 551. The van der Waals surface area contributed by atoms with Gasteiger partial charge in [0.25, 0.3) is 0 Å². The van der Waals surface area contributed by atoms with E-state index in [2.05, 4.69) is 0 Å². The van der Waals surface area contributed by atoms with Crippen LogP contribution in [0, 0.1) is 18.7 Å². The molecule has 0 spiro atoms. The van der Waals surface area contributed by atoms with Gasteiger partial charge in [0.2, 0.25) is 10.0 Å². The van der Waals surface area contributed by atoms with E-state index >= 15 is 0 Å². The predicted molar refractivity (Wildman–Crippen MR) is 69.7 cm³/mol. The minimum atomic E-state index is -3.77. The monoisotopic (exact) mass is 287 g/mol. The van der Waals surface area contributed by atoms with Crippen LogP contribution in [0.5, 0.6) is 0 Å². The number of benzene rings is 1. The maximum Gasteiger partial charge on any atom is 0.245 e. The molecule has 1 saturated heterocycles. The molecule has 0 amide bonds. The lowest BCUT2D eigenvalue weighted by Crippen LogP contribution is -2.39. The van der Waals surface area contributed by atoms with E-state index in [1.54, 1.807) is 13.0 Å². The molecule has 1 aliphatic rings. The number of rotatable bonds is 3. The first-order valence-electron chi connectivity index (χ1n) is 6.32. The Balaban J connectivity index is 2.26. The second kappa shape index (κ2) is 5.56. The molecular formula is C13H18FNO3S. The normalized spacial score (nSPS) is 18.7. The number of aryl methyl sites for hydroxylation is 1. The van der Waals surface area contributed by atoms with E-state index < -0.39 is 15.8 Å². The van der Waals surface area contributed by atoms with Crippen molar-refractivity contribution < 1.29 is 17.9 Å². The number of piperidine rings is 1. The highest BCUT2D eigenvalue weighted by Crippen LogP contribution is 2.25.